The summed E-state index contributed by atoms with van der Waals surface area (Å²) in [4.78, 5) is 23.3. The largest absolute Gasteiger partial charge is 0.352 e. The van der Waals surface area contributed by atoms with Gasteiger partial charge in [-0.25, -0.2) is 0 Å². The van der Waals surface area contributed by atoms with Crippen LogP contribution in [0.15, 0.2) is 42.5 Å². The van der Waals surface area contributed by atoms with E-state index in [4.69, 9.17) is 0 Å². The molecule has 2 amide bonds. The first-order valence-corrected chi connectivity index (χ1v) is 7.74. The molecule has 2 N–H and O–H groups in total. The first kappa shape index (κ1) is 16.7. The average Bonchev–Trinajstić information content (AvgIpc) is 2.55. The van der Waals surface area contributed by atoms with E-state index in [2.05, 4.69) is 17.6 Å². The molecule has 0 radical (unpaired) electrons. The third kappa shape index (κ3) is 4.42. The highest BCUT2D eigenvalue weighted by molar-refractivity contribution is 6.05. The number of benzene rings is 2. The van der Waals surface area contributed by atoms with Gasteiger partial charge in [-0.3, -0.25) is 9.59 Å². The van der Waals surface area contributed by atoms with Gasteiger partial charge >= 0.3 is 0 Å². The standard InChI is InChI=1S/C19H22N2O2/c1-4-16-7-5-6-13(2)18(16)21-19(23)17-10-8-15(9-11-17)12-20-14(3)22/h5-11H,4,12H2,1-3H3,(H,20,22)(H,21,23). The lowest BCUT2D eigenvalue weighted by molar-refractivity contribution is -0.119. The van der Waals surface area contributed by atoms with E-state index in [1.807, 2.05) is 37.3 Å². The molecule has 0 heterocycles. The molecule has 0 atom stereocenters. The van der Waals surface area contributed by atoms with E-state index in [9.17, 15) is 9.59 Å². The quantitative estimate of drug-likeness (QED) is 0.888. The number of rotatable bonds is 5. The number of amides is 2. The Kier molecular flexibility index (Phi) is 5.52. The molecule has 2 aromatic carbocycles. The SMILES string of the molecule is CCc1cccc(C)c1NC(=O)c1ccc(CNC(C)=O)cc1. The number of hydrogen-bond donors (Lipinski definition) is 2. The summed E-state index contributed by atoms with van der Waals surface area (Å²) < 4.78 is 0. The van der Waals surface area contributed by atoms with Crippen LogP contribution in [0.2, 0.25) is 0 Å². The van der Waals surface area contributed by atoms with E-state index in [1.165, 1.54) is 6.92 Å². The summed E-state index contributed by atoms with van der Waals surface area (Å²) in [7, 11) is 0. The number of hydrogen-bond acceptors (Lipinski definition) is 2. The molecule has 4 nitrogen and oxygen atoms in total. The Morgan fingerprint density at radius 2 is 1.74 bits per heavy atom. The van der Waals surface area contributed by atoms with Gasteiger partial charge in [-0.05, 0) is 42.2 Å². The zero-order valence-electron chi connectivity index (χ0n) is 13.8. The summed E-state index contributed by atoms with van der Waals surface area (Å²) in [6.45, 7) is 6.01. The lowest BCUT2D eigenvalue weighted by Gasteiger charge is -2.13. The summed E-state index contributed by atoms with van der Waals surface area (Å²) in [6, 6.07) is 13.3. The lowest BCUT2D eigenvalue weighted by Crippen LogP contribution is -2.19. The molecule has 0 saturated heterocycles. The van der Waals surface area contributed by atoms with Crippen molar-refractivity contribution in [2.45, 2.75) is 33.7 Å². The molecule has 23 heavy (non-hydrogen) atoms. The van der Waals surface area contributed by atoms with Crippen LogP contribution in [0.1, 0.15) is 40.9 Å². The highest BCUT2D eigenvalue weighted by Crippen LogP contribution is 2.22. The number of aryl methyl sites for hydroxylation is 2. The third-order valence-corrected chi connectivity index (χ3v) is 3.74. The molecule has 0 aliphatic carbocycles. The van der Waals surface area contributed by atoms with Crippen molar-refractivity contribution in [3.05, 3.63) is 64.7 Å². The van der Waals surface area contributed by atoms with Gasteiger partial charge in [0.15, 0.2) is 0 Å². The minimum absolute atomic E-state index is 0.0709. The minimum atomic E-state index is -0.125. The molecule has 2 aromatic rings. The lowest BCUT2D eigenvalue weighted by atomic mass is 10.0. The first-order chi connectivity index (χ1) is 11.0. The Morgan fingerprint density at radius 3 is 2.35 bits per heavy atom. The number of nitrogens with one attached hydrogen (secondary N) is 2. The van der Waals surface area contributed by atoms with Crippen LogP contribution in [0.4, 0.5) is 5.69 Å². The van der Waals surface area contributed by atoms with Crippen LogP contribution in [-0.4, -0.2) is 11.8 Å². The molecule has 0 aliphatic heterocycles. The highest BCUT2D eigenvalue weighted by Gasteiger charge is 2.10. The van der Waals surface area contributed by atoms with Crippen LogP contribution in [0, 0.1) is 6.92 Å². The molecule has 0 aromatic heterocycles. The predicted molar refractivity (Wildman–Crippen MR) is 92.5 cm³/mol. The average molecular weight is 310 g/mol. The third-order valence-electron chi connectivity index (χ3n) is 3.74. The van der Waals surface area contributed by atoms with Crippen LogP contribution < -0.4 is 10.6 Å². The van der Waals surface area contributed by atoms with Gasteiger partial charge in [-0.1, -0.05) is 37.3 Å². The fourth-order valence-corrected chi connectivity index (χ4v) is 2.39. The van der Waals surface area contributed by atoms with E-state index in [-0.39, 0.29) is 11.8 Å². The second-order valence-electron chi connectivity index (χ2n) is 5.52. The number of carbonyl (C=O) groups is 2. The Morgan fingerprint density at radius 1 is 1.04 bits per heavy atom. The minimum Gasteiger partial charge on any atom is -0.352 e. The van der Waals surface area contributed by atoms with Crippen molar-refractivity contribution in [1.29, 1.82) is 0 Å². The van der Waals surface area contributed by atoms with Crippen molar-refractivity contribution in [2.75, 3.05) is 5.32 Å². The fraction of sp³-hybridized carbons (Fsp3) is 0.263. The van der Waals surface area contributed by atoms with Crippen molar-refractivity contribution in [1.82, 2.24) is 5.32 Å². The Bertz CT molecular complexity index is 706. The molecule has 2 rings (SSSR count). The highest BCUT2D eigenvalue weighted by atomic mass is 16.2. The van der Waals surface area contributed by atoms with E-state index in [0.717, 1.165) is 28.8 Å². The van der Waals surface area contributed by atoms with Gasteiger partial charge < -0.3 is 10.6 Å². The van der Waals surface area contributed by atoms with Crippen LogP contribution >= 0.6 is 0 Å². The number of anilines is 1. The molecule has 4 heteroatoms. The normalized spacial score (nSPS) is 10.2. The smallest absolute Gasteiger partial charge is 0.255 e. The summed E-state index contributed by atoms with van der Waals surface area (Å²) >= 11 is 0. The second-order valence-corrected chi connectivity index (χ2v) is 5.52. The number of carbonyl (C=O) groups excluding carboxylic acids is 2. The maximum Gasteiger partial charge on any atom is 0.255 e. The van der Waals surface area contributed by atoms with Gasteiger partial charge in [0.2, 0.25) is 5.91 Å². The molecule has 120 valence electrons. The predicted octanol–water partition coefficient (Wildman–Crippen LogP) is 3.45. The first-order valence-electron chi connectivity index (χ1n) is 7.74. The van der Waals surface area contributed by atoms with Gasteiger partial charge in [-0.2, -0.15) is 0 Å². The fourth-order valence-electron chi connectivity index (χ4n) is 2.39. The second kappa shape index (κ2) is 7.58. The molecule has 0 aliphatic rings. The van der Waals surface area contributed by atoms with E-state index in [0.29, 0.717) is 12.1 Å². The zero-order valence-corrected chi connectivity index (χ0v) is 13.8. The maximum absolute atomic E-state index is 12.4. The zero-order chi connectivity index (χ0) is 16.8. The maximum atomic E-state index is 12.4. The molecular weight excluding hydrogens is 288 g/mol. The van der Waals surface area contributed by atoms with Crippen molar-refractivity contribution in [3.63, 3.8) is 0 Å². The Hall–Kier alpha value is -2.62. The van der Waals surface area contributed by atoms with Crippen LogP contribution in [0.3, 0.4) is 0 Å². The van der Waals surface area contributed by atoms with Crippen LogP contribution in [0.25, 0.3) is 0 Å². The van der Waals surface area contributed by atoms with E-state index in [1.54, 1.807) is 12.1 Å². The number of para-hydroxylation sites is 1. The molecule has 0 spiro atoms. The van der Waals surface area contributed by atoms with Gasteiger partial charge in [-0.15, -0.1) is 0 Å². The van der Waals surface area contributed by atoms with Crippen molar-refractivity contribution in [3.8, 4) is 0 Å². The molecule has 0 unspecified atom stereocenters. The summed E-state index contributed by atoms with van der Waals surface area (Å²) in [5.74, 6) is -0.196. The van der Waals surface area contributed by atoms with Gasteiger partial charge in [0, 0.05) is 24.7 Å². The van der Waals surface area contributed by atoms with Gasteiger partial charge in [0.05, 0.1) is 0 Å². The van der Waals surface area contributed by atoms with Crippen LogP contribution in [0.5, 0.6) is 0 Å². The van der Waals surface area contributed by atoms with Crippen molar-refractivity contribution >= 4 is 17.5 Å². The van der Waals surface area contributed by atoms with E-state index < -0.39 is 0 Å². The van der Waals surface area contributed by atoms with E-state index >= 15 is 0 Å². The van der Waals surface area contributed by atoms with Gasteiger partial charge in [0.1, 0.15) is 0 Å². The topological polar surface area (TPSA) is 58.2 Å². The summed E-state index contributed by atoms with van der Waals surface area (Å²) in [5.41, 5.74) is 4.63. The molecule has 0 fully saturated rings. The monoisotopic (exact) mass is 310 g/mol. The Labute approximate surface area is 136 Å². The molecule has 0 bridgehead atoms. The summed E-state index contributed by atoms with van der Waals surface area (Å²) in [5, 5.41) is 5.74. The Balaban J connectivity index is 2.11. The summed E-state index contributed by atoms with van der Waals surface area (Å²) in [6.07, 6.45) is 0.868. The van der Waals surface area contributed by atoms with Gasteiger partial charge in [0.25, 0.3) is 5.91 Å². The molecule has 0 saturated carbocycles. The van der Waals surface area contributed by atoms with Crippen molar-refractivity contribution in [2.24, 2.45) is 0 Å². The molecular formula is C19H22N2O2. The van der Waals surface area contributed by atoms with Crippen LogP contribution in [-0.2, 0) is 17.8 Å². The van der Waals surface area contributed by atoms with Crippen molar-refractivity contribution < 1.29 is 9.59 Å².